The van der Waals surface area contributed by atoms with E-state index in [-0.39, 0.29) is 18.9 Å². The van der Waals surface area contributed by atoms with E-state index < -0.39 is 27.0 Å². The molecule has 1 amide bonds. The van der Waals surface area contributed by atoms with Crippen LogP contribution in [0.3, 0.4) is 0 Å². The maximum atomic E-state index is 11.6. The van der Waals surface area contributed by atoms with Gasteiger partial charge in [0.1, 0.15) is 5.25 Å². The number of hydrogen-bond donors (Lipinski definition) is 2. The lowest BCUT2D eigenvalue weighted by atomic mass is 9.94. The Bertz CT molecular complexity index is 416. The van der Waals surface area contributed by atoms with Crippen LogP contribution in [0.2, 0.25) is 0 Å². The summed E-state index contributed by atoms with van der Waals surface area (Å²) in [6.07, 6.45) is 1.63. The highest BCUT2D eigenvalue weighted by Gasteiger charge is 2.24. The molecule has 2 N–H and O–H groups in total. The first kappa shape index (κ1) is 17.9. The maximum Gasteiger partial charge on any atom is 0.303 e. The van der Waals surface area contributed by atoms with Gasteiger partial charge >= 0.3 is 5.97 Å². The van der Waals surface area contributed by atoms with Crippen molar-refractivity contribution in [2.45, 2.75) is 38.9 Å². The predicted molar refractivity (Wildman–Crippen MR) is 72.5 cm³/mol. The number of carbonyl (C=O) groups excluding carboxylic acids is 1. The summed E-state index contributed by atoms with van der Waals surface area (Å²) in [5.41, 5.74) is 0. The van der Waals surface area contributed by atoms with E-state index in [4.69, 9.17) is 5.11 Å². The van der Waals surface area contributed by atoms with Gasteiger partial charge in [0, 0.05) is 19.2 Å². The minimum absolute atomic E-state index is 0.0360. The van der Waals surface area contributed by atoms with Crippen molar-refractivity contribution in [1.82, 2.24) is 5.32 Å². The van der Waals surface area contributed by atoms with Crippen molar-refractivity contribution < 1.29 is 23.1 Å². The Balaban J connectivity index is 4.46. The van der Waals surface area contributed by atoms with Crippen molar-refractivity contribution in [2.75, 3.05) is 12.8 Å². The smallest absolute Gasteiger partial charge is 0.303 e. The number of rotatable bonds is 8. The van der Waals surface area contributed by atoms with Crippen LogP contribution in [0.15, 0.2) is 0 Å². The second-order valence-electron chi connectivity index (χ2n) is 5.31. The van der Waals surface area contributed by atoms with Crippen LogP contribution < -0.4 is 5.32 Å². The number of sulfone groups is 1. The van der Waals surface area contributed by atoms with Crippen LogP contribution in [-0.4, -0.2) is 43.5 Å². The molecule has 1 unspecified atom stereocenters. The van der Waals surface area contributed by atoms with Gasteiger partial charge in [0.2, 0.25) is 5.91 Å². The quantitative estimate of drug-likeness (QED) is 0.685. The summed E-state index contributed by atoms with van der Waals surface area (Å²) in [6.45, 7) is 5.44. The Hall–Kier alpha value is -1.11. The molecule has 0 radical (unpaired) electrons. The van der Waals surface area contributed by atoms with Crippen molar-refractivity contribution >= 4 is 21.7 Å². The molecule has 2 atom stereocenters. The maximum absolute atomic E-state index is 11.6. The third kappa shape index (κ3) is 7.81. The summed E-state index contributed by atoms with van der Waals surface area (Å²) in [5, 5.41) is 10.2. The average Bonchev–Trinajstić information content (AvgIpc) is 2.21. The first-order valence-electron chi connectivity index (χ1n) is 6.22. The molecule has 0 bridgehead atoms. The van der Waals surface area contributed by atoms with Gasteiger partial charge in [-0.05, 0) is 25.2 Å². The number of amides is 1. The summed E-state index contributed by atoms with van der Waals surface area (Å²) in [4.78, 5) is 22.3. The second-order valence-corrected chi connectivity index (χ2v) is 7.68. The van der Waals surface area contributed by atoms with E-state index in [1.54, 1.807) is 0 Å². The fourth-order valence-corrected chi connectivity index (χ4v) is 2.21. The topological polar surface area (TPSA) is 101 Å². The van der Waals surface area contributed by atoms with Gasteiger partial charge in [-0.2, -0.15) is 0 Å². The summed E-state index contributed by atoms with van der Waals surface area (Å²) in [6, 6.07) is 0. The molecule has 0 aromatic rings. The highest BCUT2D eigenvalue weighted by atomic mass is 32.2. The van der Waals surface area contributed by atoms with Crippen LogP contribution in [0, 0.1) is 11.8 Å². The third-order valence-electron chi connectivity index (χ3n) is 2.84. The molecule has 6 nitrogen and oxygen atoms in total. The first-order chi connectivity index (χ1) is 8.54. The number of carboxylic acid groups (broad SMARTS) is 1. The summed E-state index contributed by atoms with van der Waals surface area (Å²) < 4.78 is 22.4. The zero-order valence-electron chi connectivity index (χ0n) is 11.8. The summed E-state index contributed by atoms with van der Waals surface area (Å²) >= 11 is 0. The molecular formula is C12H23NO5S. The van der Waals surface area contributed by atoms with E-state index >= 15 is 0 Å². The van der Waals surface area contributed by atoms with E-state index in [2.05, 4.69) is 5.32 Å². The number of hydrogen-bond acceptors (Lipinski definition) is 4. The lowest BCUT2D eigenvalue weighted by Gasteiger charge is -2.19. The largest absolute Gasteiger partial charge is 0.481 e. The minimum atomic E-state index is -3.42. The summed E-state index contributed by atoms with van der Waals surface area (Å²) in [7, 11) is -3.42. The molecule has 7 heteroatoms. The van der Waals surface area contributed by atoms with Crippen LogP contribution in [0.1, 0.15) is 33.6 Å². The van der Waals surface area contributed by atoms with Crippen molar-refractivity contribution in [3.05, 3.63) is 0 Å². The minimum Gasteiger partial charge on any atom is -0.481 e. The van der Waals surface area contributed by atoms with Crippen molar-refractivity contribution in [1.29, 1.82) is 0 Å². The van der Waals surface area contributed by atoms with E-state index in [0.29, 0.717) is 12.3 Å². The Morgan fingerprint density at radius 2 is 1.74 bits per heavy atom. The van der Waals surface area contributed by atoms with Crippen LogP contribution in [0.25, 0.3) is 0 Å². The van der Waals surface area contributed by atoms with Gasteiger partial charge in [-0.1, -0.05) is 13.8 Å². The molecule has 0 saturated heterocycles. The molecule has 0 aliphatic carbocycles. The van der Waals surface area contributed by atoms with Gasteiger partial charge in [-0.15, -0.1) is 0 Å². The van der Waals surface area contributed by atoms with Crippen LogP contribution in [0.5, 0.6) is 0 Å². The van der Waals surface area contributed by atoms with E-state index in [9.17, 15) is 18.0 Å². The molecule has 0 spiro atoms. The molecule has 0 saturated carbocycles. The molecule has 112 valence electrons. The van der Waals surface area contributed by atoms with Gasteiger partial charge in [0.25, 0.3) is 0 Å². The van der Waals surface area contributed by atoms with E-state index in [1.165, 1.54) is 6.92 Å². The first-order valence-corrected chi connectivity index (χ1v) is 8.17. The van der Waals surface area contributed by atoms with Crippen molar-refractivity contribution in [3.63, 3.8) is 0 Å². The summed E-state index contributed by atoms with van der Waals surface area (Å²) in [5.74, 6) is -1.38. The van der Waals surface area contributed by atoms with E-state index in [1.807, 2.05) is 13.8 Å². The Labute approximate surface area is 114 Å². The highest BCUT2D eigenvalue weighted by molar-refractivity contribution is 7.92. The standard InChI is InChI=1S/C12H23NO5S/c1-8(2)5-10(6-11(14)15)7-13-12(16)9(3)19(4,17)18/h8-10H,5-7H2,1-4H3,(H,13,16)(H,14,15)/t9?,10-/m0/s1. The zero-order chi connectivity index (χ0) is 15.2. The number of carbonyl (C=O) groups is 2. The number of aliphatic carboxylic acids is 1. The predicted octanol–water partition coefficient (Wildman–Crippen LogP) is 0.673. The number of nitrogens with one attached hydrogen (secondary N) is 1. The van der Waals surface area contributed by atoms with Gasteiger partial charge in [-0.3, -0.25) is 9.59 Å². The molecular weight excluding hydrogens is 270 g/mol. The molecule has 0 aromatic heterocycles. The molecule has 0 aliphatic rings. The zero-order valence-corrected chi connectivity index (χ0v) is 12.7. The fraction of sp³-hybridized carbons (Fsp3) is 0.833. The fourth-order valence-electron chi connectivity index (χ4n) is 1.74. The molecule has 0 aliphatic heterocycles. The monoisotopic (exact) mass is 293 g/mol. The van der Waals surface area contributed by atoms with Crippen molar-refractivity contribution in [2.24, 2.45) is 11.8 Å². The van der Waals surface area contributed by atoms with Crippen LogP contribution in [0.4, 0.5) is 0 Å². The lowest BCUT2D eigenvalue weighted by Crippen LogP contribution is -2.40. The van der Waals surface area contributed by atoms with Crippen LogP contribution in [-0.2, 0) is 19.4 Å². The van der Waals surface area contributed by atoms with E-state index in [0.717, 1.165) is 6.26 Å². The van der Waals surface area contributed by atoms with Crippen molar-refractivity contribution in [3.8, 4) is 0 Å². The second kappa shape index (κ2) is 7.47. The molecule has 0 fully saturated rings. The highest BCUT2D eigenvalue weighted by Crippen LogP contribution is 2.15. The van der Waals surface area contributed by atoms with Crippen LogP contribution >= 0.6 is 0 Å². The molecule has 0 aromatic carbocycles. The van der Waals surface area contributed by atoms with Gasteiger partial charge < -0.3 is 10.4 Å². The average molecular weight is 293 g/mol. The molecule has 0 heterocycles. The normalized spacial score (nSPS) is 15.0. The van der Waals surface area contributed by atoms with Gasteiger partial charge in [-0.25, -0.2) is 8.42 Å². The lowest BCUT2D eigenvalue weighted by molar-refractivity contribution is -0.138. The Kier molecular flexibility index (Phi) is 7.04. The van der Waals surface area contributed by atoms with Gasteiger partial charge in [0.15, 0.2) is 9.84 Å². The number of carboxylic acids is 1. The Morgan fingerprint density at radius 1 is 1.21 bits per heavy atom. The molecule has 19 heavy (non-hydrogen) atoms. The van der Waals surface area contributed by atoms with Gasteiger partial charge in [0.05, 0.1) is 0 Å². The SMILES string of the molecule is CC(C)C[C@H](CNC(=O)C(C)S(C)(=O)=O)CC(=O)O. The third-order valence-corrected chi connectivity index (χ3v) is 4.34. The molecule has 0 rings (SSSR count). The Morgan fingerprint density at radius 3 is 2.11 bits per heavy atom.